The third-order valence-corrected chi connectivity index (χ3v) is 2.64. The van der Waals surface area contributed by atoms with Crippen molar-refractivity contribution < 1.29 is 9.53 Å². The molecule has 0 radical (unpaired) electrons. The highest BCUT2D eigenvalue weighted by Crippen LogP contribution is 2.26. The molecular weight excluding hydrogens is 178 g/mol. The van der Waals surface area contributed by atoms with Gasteiger partial charge in [-0.2, -0.15) is 0 Å². The number of hydrogen-bond donors (Lipinski definition) is 1. The Labute approximate surface area is 86.2 Å². The molecule has 1 fully saturated rings. The van der Waals surface area contributed by atoms with Gasteiger partial charge in [-0.1, -0.05) is 6.92 Å². The minimum Gasteiger partial charge on any atom is -0.459 e. The summed E-state index contributed by atoms with van der Waals surface area (Å²) in [5.74, 6) is -0.0926. The molecule has 1 saturated heterocycles. The van der Waals surface area contributed by atoms with E-state index >= 15 is 0 Å². The molecule has 0 aromatic rings. The molecule has 1 unspecified atom stereocenters. The highest BCUT2D eigenvalue weighted by atomic mass is 16.6. The van der Waals surface area contributed by atoms with Crippen LogP contribution in [0.4, 0.5) is 0 Å². The van der Waals surface area contributed by atoms with Gasteiger partial charge in [0.1, 0.15) is 11.1 Å². The van der Waals surface area contributed by atoms with Crippen LogP contribution < -0.4 is 5.32 Å². The minimum atomic E-state index is -0.409. The number of nitrogens with one attached hydrogen (secondary N) is 1. The van der Waals surface area contributed by atoms with Crippen molar-refractivity contribution in [2.75, 3.05) is 6.54 Å². The van der Waals surface area contributed by atoms with Crippen LogP contribution in [0.15, 0.2) is 0 Å². The van der Waals surface area contributed by atoms with Crippen LogP contribution in [0.2, 0.25) is 0 Å². The molecule has 1 heterocycles. The summed E-state index contributed by atoms with van der Waals surface area (Å²) in [5.41, 5.74) is -0.795. The van der Waals surface area contributed by atoms with Crippen molar-refractivity contribution in [1.29, 1.82) is 0 Å². The van der Waals surface area contributed by atoms with Crippen molar-refractivity contribution in [2.45, 2.75) is 58.1 Å². The predicted molar refractivity (Wildman–Crippen MR) is 56.1 cm³/mol. The second-order valence-electron chi connectivity index (χ2n) is 4.97. The zero-order valence-electron chi connectivity index (χ0n) is 9.64. The highest BCUT2D eigenvalue weighted by Gasteiger charge is 2.42. The smallest absolute Gasteiger partial charge is 0.326 e. The first kappa shape index (κ1) is 11.5. The molecule has 1 N–H and O–H groups in total. The monoisotopic (exact) mass is 199 g/mol. The fourth-order valence-corrected chi connectivity index (χ4v) is 1.80. The van der Waals surface area contributed by atoms with Gasteiger partial charge < -0.3 is 10.1 Å². The van der Waals surface area contributed by atoms with E-state index in [9.17, 15) is 4.79 Å². The van der Waals surface area contributed by atoms with Gasteiger partial charge in [0, 0.05) is 0 Å². The van der Waals surface area contributed by atoms with E-state index in [0.29, 0.717) is 0 Å². The lowest BCUT2D eigenvalue weighted by Gasteiger charge is -2.30. The zero-order valence-corrected chi connectivity index (χ0v) is 9.64. The maximum absolute atomic E-state index is 11.9. The molecule has 1 atom stereocenters. The molecule has 0 aromatic carbocycles. The van der Waals surface area contributed by atoms with Gasteiger partial charge in [-0.05, 0) is 46.6 Å². The minimum absolute atomic E-state index is 0.0926. The zero-order chi connectivity index (χ0) is 10.8. The number of hydrogen-bond acceptors (Lipinski definition) is 3. The lowest BCUT2D eigenvalue weighted by Crippen LogP contribution is -2.50. The van der Waals surface area contributed by atoms with Crippen LogP contribution in [-0.4, -0.2) is 23.7 Å². The van der Waals surface area contributed by atoms with Gasteiger partial charge in [0.05, 0.1) is 0 Å². The lowest BCUT2D eigenvalue weighted by atomic mass is 9.94. The summed E-state index contributed by atoms with van der Waals surface area (Å²) in [6.07, 6.45) is 2.77. The Morgan fingerprint density at radius 3 is 2.50 bits per heavy atom. The first-order valence-electron chi connectivity index (χ1n) is 5.38. The fourth-order valence-electron chi connectivity index (χ4n) is 1.80. The fraction of sp³-hybridized carbons (Fsp3) is 0.909. The summed E-state index contributed by atoms with van der Waals surface area (Å²) < 4.78 is 5.41. The van der Waals surface area contributed by atoms with Crippen molar-refractivity contribution in [1.82, 2.24) is 5.32 Å². The van der Waals surface area contributed by atoms with Crippen LogP contribution in [-0.2, 0) is 9.53 Å². The summed E-state index contributed by atoms with van der Waals surface area (Å²) >= 11 is 0. The molecule has 1 aliphatic heterocycles. The number of rotatable bonds is 2. The molecule has 0 saturated carbocycles. The highest BCUT2D eigenvalue weighted by molar-refractivity contribution is 5.81. The average molecular weight is 199 g/mol. The maximum atomic E-state index is 11.9. The number of esters is 1. The molecule has 0 aliphatic carbocycles. The van der Waals surface area contributed by atoms with Crippen molar-refractivity contribution >= 4 is 5.97 Å². The first-order valence-corrected chi connectivity index (χ1v) is 5.38. The van der Waals surface area contributed by atoms with Crippen molar-refractivity contribution in [3.8, 4) is 0 Å². The molecule has 3 heteroatoms. The standard InChI is InChI=1S/C11H21NO2/c1-5-11(7-6-8-12-11)9(13)14-10(2,3)4/h12H,5-8H2,1-4H3. The molecule has 0 amide bonds. The molecule has 82 valence electrons. The normalized spacial score (nSPS) is 27.7. The second kappa shape index (κ2) is 3.89. The summed E-state index contributed by atoms with van der Waals surface area (Å²) in [6.45, 7) is 8.67. The van der Waals surface area contributed by atoms with E-state index in [1.165, 1.54) is 0 Å². The maximum Gasteiger partial charge on any atom is 0.326 e. The molecule has 0 spiro atoms. The number of ether oxygens (including phenoxy) is 1. The van der Waals surface area contributed by atoms with E-state index in [0.717, 1.165) is 25.8 Å². The van der Waals surface area contributed by atoms with E-state index in [1.807, 2.05) is 27.7 Å². The Morgan fingerprint density at radius 1 is 1.50 bits per heavy atom. The van der Waals surface area contributed by atoms with Gasteiger partial charge in [-0.25, -0.2) is 0 Å². The Bertz CT molecular complexity index is 212. The van der Waals surface area contributed by atoms with Crippen LogP contribution in [0.1, 0.15) is 47.0 Å². The van der Waals surface area contributed by atoms with Crippen molar-refractivity contribution in [3.05, 3.63) is 0 Å². The molecule has 3 nitrogen and oxygen atoms in total. The van der Waals surface area contributed by atoms with Crippen LogP contribution in [0.25, 0.3) is 0 Å². The largest absolute Gasteiger partial charge is 0.459 e. The Hall–Kier alpha value is -0.570. The number of carbonyl (C=O) groups excluding carboxylic acids is 1. The van der Waals surface area contributed by atoms with E-state index in [-0.39, 0.29) is 11.6 Å². The summed E-state index contributed by atoms with van der Waals surface area (Å²) in [7, 11) is 0. The number of carbonyl (C=O) groups is 1. The first-order chi connectivity index (χ1) is 6.40. The van der Waals surface area contributed by atoms with Gasteiger partial charge in [-0.3, -0.25) is 4.79 Å². The van der Waals surface area contributed by atoms with E-state index in [2.05, 4.69) is 5.32 Å². The van der Waals surface area contributed by atoms with E-state index in [1.54, 1.807) is 0 Å². The van der Waals surface area contributed by atoms with Crippen LogP contribution >= 0.6 is 0 Å². The van der Waals surface area contributed by atoms with Gasteiger partial charge in [0.25, 0.3) is 0 Å². The Kier molecular flexibility index (Phi) is 3.20. The second-order valence-corrected chi connectivity index (χ2v) is 4.97. The molecule has 1 aliphatic rings. The Morgan fingerprint density at radius 2 is 2.14 bits per heavy atom. The van der Waals surface area contributed by atoms with Crippen molar-refractivity contribution in [2.24, 2.45) is 0 Å². The van der Waals surface area contributed by atoms with Crippen molar-refractivity contribution in [3.63, 3.8) is 0 Å². The summed E-state index contributed by atoms with van der Waals surface area (Å²) in [4.78, 5) is 11.9. The average Bonchev–Trinajstić information content (AvgIpc) is 2.49. The molecule has 1 rings (SSSR count). The summed E-state index contributed by atoms with van der Waals surface area (Å²) in [5, 5.41) is 3.27. The van der Waals surface area contributed by atoms with E-state index in [4.69, 9.17) is 4.74 Å². The third-order valence-electron chi connectivity index (χ3n) is 2.64. The predicted octanol–water partition coefficient (Wildman–Crippen LogP) is 1.86. The van der Waals surface area contributed by atoms with Crippen LogP contribution in [0.5, 0.6) is 0 Å². The summed E-state index contributed by atoms with van der Waals surface area (Å²) in [6, 6.07) is 0. The SMILES string of the molecule is CCC1(C(=O)OC(C)(C)C)CCCN1. The van der Waals surface area contributed by atoms with Crippen LogP contribution in [0, 0.1) is 0 Å². The van der Waals surface area contributed by atoms with Gasteiger partial charge in [-0.15, -0.1) is 0 Å². The molecule has 14 heavy (non-hydrogen) atoms. The van der Waals surface area contributed by atoms with Gasteiger partial charge in [0.15, 0.2) is 0 Å². The molecule has 0 bridgehead atoms. The quantitative estimate of drug-likeness (QED) is 0.690. The van der Waals surface area contributed by atoms with Gasteiger partial charge >= 0.3 is 5.97 Å². The Balaban J connectivity index is 2.66. The topological polar surface area (TPSA) is 38.3 Å². The molecule has 0 aromatic heterocycles. The van der Waals surface area contributed by atoms with Gasteiger partial charge in [0.2, 0.25) is 0 Å². The van der Waals surface area contributed by atoms with Crippen LogP contribution in [0.3, 0.4) is 0 Å². The lowest BCUT2D eigenvalue weighted by molar-refractivity contribution is -0.162. The third kappa shape index (κ3) is 2.47. The van der Waals surface area contributed by atoms with E-state index < -0.39 is 5.54 Å². The molecular formula is C11H21NO2.